The van der Waals surface area contributed by atoms with E-state index in [1.165, 1.54) is 6.07 Å². The summed E-state index contributed by atoms with van der Waals surface area (Å²) in [5, 5.41) is 9.45. The first-order chi connectivity index (χ1) is 9.04. The lowest BCUT2D eigenvalue weighted by Gasteiger charge is -2.38. The van der Waals surface area contributed by atoms with Crippen molar-refractivity contribution in [3.63, 3.8) is 0 Å². The van der Waals surface area contributed by atoms with Crippen LogP contribution in [0.15, 0.2) is 12.1 Å². The predicted octanol–water partition coefficient (Wildman–Crippen LogP) is 1.35. The summed E-state index contributed by atoms with van der Waals surface area (Å²) in [4.78, 5) is 2.06. The first-order valence-corrected chi connectivity index (χ1v) is 6.55. The van der Waals surface area contributed by atoms with E-state index in [-0.39, 0.29) is 24.5 Å². The number of benzene rings is 1. The molecule has 5 heteroatoms. The molecular formula is C14H21FN2O2. The van der Waals surface area contributed by atoms with E-state index in [0.29, 0.717) is 25.3 Å². The predicted molar refractivity (Wildman–Crippen MR) is 72.8 cm³/mol. The first kappa shape index (κ1) is 14.2. The molecule has 4 nitrogen and oxygen atoms in total. The van der Waals surface area contributed by atoms with Crippen LogP contribution < -0.4 is 10.6 Å². The minimum Gasteiger partial charge on any atom is -0.394 e. The van der Waals surface area contributed by atoms with E-state index in [1.54, 1.807) is 6.92 Å². The highest BCUT2D eigenvalue weighted by molar-refractivity contribution is 5.58. The molecule has 2 atom stereocenters. The molecule has 1 heterocycles. The summed E-state index contributed by atoms with van der Waals surface area (Å²) in [6.45, 7) is 5.33. The summed E-state index contributed by atoms with van der Waals surface area (Å²) in [6, 6.07) is 2.95. The molecule has 0 radical (unpaired) electrons. The van der Waals surface area contributed by atoms with Gasteiger partial charge in [-0.25, -0.2) is 4.39 Å². The average molecular weight is 268 g/mol. The minimum absolute atomic E-state index is 0.00875. The Morgan fingerprint density at radius 3 is 2.95 bits per heavy atom. The lowest BCUT2D eigenvalue weighted by molar-refractivity contribution is 0.0726. The van der Waals surface area contributed by atoms with Crippen LogP contribution in [0, 0.1) is 12.7 Å². The molecule has 2 unspecified atom stereocenters. The van der Waals surface area contributed by atoms with E-state index in [2.05, 4.69) is 4.90 Å². The van der Waals surface area contributed by atoms with Gasteiger partial charge in [0.2, 0.25) is 0 Å². The highest BCUT2D eigenvalue weighted by atomic mass is 19.1. The smallest absolute Gasteiger partial charge is 0.126 e. The van der Waals surface area contributed by atoms with Crippen LogP contribution in [0.5, 0.6) is 0 Å². The van der Waals surface area contributed by atoms with E-state index in [0.717, 1.165) is 11.3 Å². The number of ether oxygens (including phenoxy) is 1. The van der Waals surface area contributed by atoms with E-state index in [1.807, 2.05) is 13.0 Å². The molecule has 1 aliphatic heterocycles. The van der Waals surface area contributed by atoms with Crippen LogP contribution in [0.3, 0.4) is 0 Å². The van der Waals surface area contributed by atoms with Crippen molar-refractivity contribution in [3.05, 3.63) is 29.1 Å². The number of hydrogen-bond donors (Lipinski definition) is 2. The topological polar surface area (TPSA) is 58.7 Å². The number of hydrogen-bond acceptors (Lipinski definition) is 4. The quantitative estimate of drug-likeness (QED) is 0.869. The van der Waals surface area contributed by atoms with E-state index in [4.69, 9.17) is 10.5 Å². The van der Waals surface area contributed by atoms with Crippen molar-refractivity contribution in [2.75, 3.05) is 31.3 Å². The molecule has 1 aliphatic rings. The van der Waals surface area contributed by atoms with Crippen molar-refractivity contribution >= 4 is 5.69 Å². The fraction of sp³-hybridized carbons (Fsp3) is 0.571. The zero-order valence-corrected chi connectivity index (χ0v) is 11.4. The molecular weight excluding hydrogens is 247 g/mol. The molecule has 1 saturated heterocycles. The first-order valence-electron chi connectivity index (χ1n) is 6.55. The average Bonchev–Trinajstić information content (AvgIpc) is 2.41. The SMILES string of the molecule is Cc1cc(N2CCOCC2CO)c(C(C)N)cc1F. The van der Waals surface area contributed by atoms with Gasteiger partial charge in [-0.2, -0.15) is 0 Å². The molecule has 0 aliphatic carbocycles. The molecule has 2 rings (SSSR count). The maximum Gasteiger partial charge on any atom is 0.126 e. The van der Waals surface area contributed by atoms with E-state index < -0.39 is 0 Å². The fourth-order valence-electron chi connectivity index (χ4n) is 2.42. The van der Waals surface area contributed by atoms with Gasteiger partial charge in [0, 0.05) is 18.3 Å². The monoisotopic (exact) mass is 268 g/mol. The number of rotatable bonds is 3. The third-order valence-electron chi connectivity index (χ3n) is 3.55. The van der Waals surface area contributed by atoms with Gasteiger partial charge < -0.3 is 20.5 Å². The lowest BCUT2D eigenvalue weighted by atomic mass is 10.0. The van der Waals surface area contributed by atoms with E-state index >= 15 is 0 Å². The normalized spacial score (nSPS) is 21.5. The third kappa shape index (κ3) is 2.88. The standard InChI is InChI=1S/C14H21FN2O2/c1-9-5-14(12(10(2)16)6-13(9)15)17-3-4-19-8-11(17)7-18/h5-6,10-11,18H,3-4,7-8,16H2,1-2H3. The number of aliphatic hydroxyl groups is 1. The Kier molecular flexibility index (Phi) is 4.39. The molecule has 106 valence electrons. The van der Waals surface area contributed by atoms with Crippen LogP contribution in [0.4, 0.5) is 10.1 Å². The van der Waals surface area contributed by atoms with Gasteiger partial charge in [-0.15, -0.1) is 0 Å². The molecule has 1 fully saturated rings. The summed E-state index contributed by atoms with van der Waals surface area (Å²) in [5.74, 6) is -0.246. The summed E-state index contributed by atoms with van der Waals surface area (Å²) in [5.41, 5.74) is 8.19. The molecule has 0 amide bonds. The van der Waals surface area contributed by atoms with Crippen LogP contribution in [0.25, 0.3) is 0 Å². The number of nitrogens with two attached hydrogens (primary N) is 1. The zero-order chi connectivity index (χ0) is 14.0. The number of aryl methyl sites for hydroxylation is 1. The fourth-order valence-corrected chi connectivity index (χ4v) is 2.42. The zero-order valence-electron chi connectivity index (χ0n) is 11.4. The van der Waals surface area contributed by atoms with Crippen molar-refractivity contribution in [2.45, 2.75) is 25.9 Å². The highest BCUT2D eigenvalue weighted by Gasteiger charge is 2.26. The van der Waals surface area contributed by atoms with Gasteiger partial charge in [0.1, 0.15) is 5.82 Å². The summed E-state index contributed by atoms with van der Waals surface area (Å²) in [6.07, 6.45) is 0. The maximum absolute atomic E-state index is 13.7. The number of morpholine rings is 1. The van der Waals surface area contributed by atoms with Gasteiger partial charge in [0.15, 0.2) is 0 Å². The summed E-state index contributed by atoms with van der Waals surface area (Å²) < 4.78 is 19.1. The van der Waals surface area contributed by atoms with E-state index in [9.17, 15) is 9.50 Å². The highest BCUT2D eigenvalue weighted by Crippen LogP contribution is 2.30. The molecule has 19 heavy (non-hydrogen) atoms. The second-order valence-corrected chi connectivity index (χ2v) is 5.05. The lowest BCUT2D eigenvalue weighted by Crippen LogP contribution is -2.48. The van der Waals surface area contributed by atoms with Crippen LogP contribution in [0.2, 0.25) is 0 Å². The van der Waals surface area contributed by atoms with Crippen LogP contribution in [0.1, 0.15) is 24.1 Å². The molecule has 0 spiro atoms. The van der Waals surface area contributed by atoms with Gasteiger partial charge in [-0.1, -0.05) is 0 Å². The molecule has 0 saturated carbocycles. The van der Waals surface area contributed by atoms with Crippen molar-refractivity contribution in [1.82, 2.24) is 0 Å². The number of halogens is 1. The van der Waals surface area contributed by atoms with Gasteiger partial charge in [-0.05, 0) is 37.1 Å². The van der Waals surface area contributed by atoms with Gasteiger partial charge in [0.05, 0.1) is 25.9 Å². The number of anilines is 1. The van der Waals surface area contributed by atoms with Crippen molar-refractivity contribution in [3.8, 4) is 0 Å². The Morgan fingerprint density at radius 2 is 2.32 bits per heavy atom. The second-order valence-electron chi connectivity index (χ2n) is 5.05. The Balaban J connectivity index is 2.44. The summed E-state index contributed by atoms with van der Waals surface area (Å²) >= 11 is 0. The van der Waals surface area contributed by atoms with Crippen LogP contribution >= 0.6 is 0 Å². The maximum atomic E-state index is 13.7. The van der Waals surface area contributed by atoms with Crippen LogP contribution in [-0.2, 0) is 4.74 Å². The van der Waals surface area contributed by atoms with Gasteiger partial charge >= 0.3 is 0 Å². The number of aliphatic hydroxyl groups excluding tert-OH is 1. The molecule has 0 bridgehead atoms. The van der Waals surface area contributed by atoms with Crippen molar-refractivity contribution in [1.29, 1.82) is 0 Å². The summed E-state index contributed by atoms with van der Waals surface area (Å²) in [7, 11) is 0. The minimum atomic E-state index is -0.257. The second kappa shape index (κ2) is 5.86. The molecule has 3 N–H and O–H groups in total. The molecule has 1 aromatic rings. The number of nitrogens with zero attached hydrogens (tertiary/aromatic N) is 1. The van der Waals surface area contributed by atoms with Gasteiger partial charge in [0.25, 0.3) is 0 Å². The van der Waals surface area contributed by atoms with Crippen molar-refractivity contribution < 1.29 is 14.2 Å². The van der Waals surface area contributed by atoms with Gasteiger partial charge in [-0.3, -0.25) is 0 Å². The molecule has 1 aromatic carbocycles. The van der Waals surface area contributed by atoms with Crippen molar-refractivity contribution in [2.24, 2.45) is 5.73 Å². The largest absolute Gasteiger partial charge is 0.394 e. The molecule has 0 aromatic heterocycles. The Bertz CT molecular complexity index is 451. The Morgan fingerprint density at radius 1 is 1.58 bits per heavy atom. The Labute approximate surface area is 113 Å². The van der Waals surface area contributed by atoms with Crippen LogP contribution in [-0.4, -0.2) is 37.5 Å². The Hall–Kier alpha value is -1.17. The third-order valence-corrected chi connectivity index (χ3v) is 3.55.